The first-order valence-corrected chi connectivity index (χ1v) is 7.18. The minimum absolute atomic E-state index is 0.0312. The van der Waals surface area contributed by atoms with Gasteiger partial charge >= 0.3 is 0 Å². The lowest BCUT2D eigenvalue weighted by Gasteiger charge is -2.27. The van der Waals surface area contributed by atoms with E-state index in [2.05, 4.69) is 9.97 Å². The summed E-state index contributed by atoms with van der Waals surface area (Å²) in [6.07, 6.45) is 0.594. The Morgan fingerprint density at radius 2 is 2.14 bits per heavy atom. The quantitative estimate of drug-likeness (QED) is 0.919. The van der Waals surface area contributed by atoms with E-state index in [9.17, 15) is 9.59 Å². The first kappa shape index (κ1) is 14.3. The predicted molar refractivity (Wildman–Crippen MR) is 80.7 cm³/mol. The van der Waals surface area contributed by atoms with Gasteiger partial charge in [0.05, 0.1) is 17.8 Å². The number of rotatable bonds is 3. The van der Waals surface area contributed by atoms with Crippen molar-refractivity contribution in [3.05, 3.63) is 57.8 Å². The van der Waals surface area contributed by atoms with Crippen molar-refractivity contribution >= 4 is 5.91 Å². The summed E-state index contributed by atoms with van der Waals surface area (Å²) in [6.45, 7) is 2.57. The normalized spacial score (nSPS) is 13.6. The summed E-state index contributed by atoms with van der Waals surface area (Å²) in [5, 5.41) is 0. The van der Waals surface area contributed by atoms with Crippen molar-refractivity contribution in [2.24, 2.45) is 0 Å². The highest BCUT2D eigenvalue weighted by Gasteiger charge is 2.24. The molecule has 0 spiro atoms. The summed E-state index contributed by atoms with van der Waals surface area (Å²) in [5.41, 5.74) is 1.20. The van der Waals surface area contributed by atoms with Gasteiger partial charge in [-0.3, -0.25) is 9.59 Å². The third kappa shape index (κ3) is 3.00. The lowest BCUT2D eigenvalue weighted by Crippen LogP contribution is -2.41. The first-order chi connectivity index (χ1) is 10.6. The van der Waals surface area contributed by atoms with Crippen molar-refractivity contribution in [3.8, 4) is 5.75 Å². The van der Waals surface area contributed by atoms with Crippen LogP contribution in [0.15, 0.2) is 35.1 Å². The molecule has 1 N–H and O–H groups in total. The molecule has 0 unspecified atom stereocenters. The van der Waals surface area contributed by atoms with Gasteiger partial charge in [-0.2, -0.15) is 0 Å². The number of aromatic amines is 1. The molecule has 0 radical (unpaired) electrons. The zero-order valence-corrected chi connectivity index (χ0v) is 12.3. The highest BCUT2D eigenvalue weighted by molar-refractivity contribution is 5.78. The Kier molecular flexibility index (Phi) is 3.91. The molecular weight excluding hydrogens is 282 g/mol. The van der Waals surface area contributed by atoms with Gasteiger partial charge in [-0.05, 0) is 19.1 Å². The van der Waals surface area contributed by atoms with E-state index >= 15 is 0 Å². The number of amides is 1. The van der Waals surface area contributed by atoms with E-state index in [1.807, 2.05) is 18.2 Å². The number of benzene rings is 1. The van der Waals surface area contributed by atoms with Crippen LogP contribution in [-0.4, -0.2) is 33.9 Å². The van der Waals surface area contributed by atoms with Gasteiger partial charge in [0.15, 0.2) is 6.61 Å². The van der Waals surface area contributed by atoms with E-state index in [-0.39, 0.29) is 24.6 Å². The van der Waals surface area contributed by atoms with E-state index in [4.69, 9.17) is 4.74 Å². The molecule has 2 heterocycles. The fraction of sp³-hybridized carbons (Fsp3) is 0.312. The maximum absolute atomic E-state index is 12.2. The fourth-order valence-corrected chi connectivity index (χ4v) is 2.52. The van der Waals surface area contributed by atoms with Gasteiger partial charge in [0.1, 0.15) is 11.6 Å². The number of aryl methyl sites for hydroxylation is 1. The molecule has 0 saturated heterocycles. The zero-order chi connectivity index (χ0) is 15.5. The van der Waals surface area contributed by atoms with Crippen LogP contribution in [0.25, 0.3) is 0 Å². The van der Waals surface area contributed by atoms with Gasteiger partial charge in [-0.25, -0.2) is 4.98 Å². The SMILES string of the molecule is Cc1nc2c(c(=O)[nH]1)CN(C(=O)COc1ccccc1)CC2. The highest BCUT2D eigenvalue weighted by atomic mass is 16.5. The number of carbonyl (C=O) groups is 1. The largest absolute Gasteiger partial charge is 0.484 e. The van der Waals surface area contributed by atoms with Gasteiger partial charge in [-0.15, -0.1) is 0 Å². The van der Waals surface area contributed by atoms with Crippen molar-refractivity contribution in [1.29, 1.82) is 0 Å². The number of carbonyl (C=O) groups excluding carboxylic acids is 1. The van der Waals surface area contributed by atoms with Crippen molar-refractivity contribution in [2.75, 3.05) is 13.2 Å². The lowest BCUT2D eigenvalue weighted by atomic mass is 10.1. The third-order valence-electron chi connectivity index (χ3n) is 3.65. The minimum Gasteiger partial charge on any atom is -0.484 e. The number of nitrogens with zero attached hydrogens (tertiary/aromatic N) is 2. The fourth-order valence-electron chi connectivity index (χ4n) is 2.52. The number of hydrogen-bond acceptors (Lipinski definition) is 4. The van der Waals surface area contributed by atoms with Gasteiger partial charge in [0, 0.05) is 13.0 Å². The lowest BCUT2D eigenvalue weighted by molar-refractivity contribution is -0.134. The Hall–Kier alpha value is -2.63. The van der Waals surface area contributed by atoms with E-state index in [0.29, 0.717) is 30.1 Å². The Bertz CT molecular complexity index is 740. The molecule has 1 aliphatic heterocycles. The van der Waals surface area contributed by atoms with Crippen molar-refractivity contribution in [1.82, 2.24) is 14.9 Å². The van der Waals surface area contributed by atoms with Crippen LogP contribution in [0, 0.1) is 6.92 Å². The second-order valence-corrected chi connectivity index (χ2v) is 5.24. The molecule has 22 heavy (non-hydrogen) atoms. The van der Waals surface area contributed by atoms with E-state index in [0.717, 1.165) is 5.69 Å². The molecule has 1 amide bonds. The van der Waals surface area contributed by atoms with Crippen LogP contribution in [-0.2, 0) is 17.8 Å². The van der Waals surface area contributed by atoms with E-state index in [1.165, 1.54) is 0 Å². The number of hydrogen-bond donors (Lipinski definition) is 1. The van der Waals surface area contributed by atoms with Gasteiger partial charge in [0.25, 0.3) is 11.5 Å². The second kappa shape index (κ2) is 6.01. The van der Waals surface area contributed by atoms with Gasteiger partial charge < -0.3 is 14.6 Å². The number of ether oxygens (including phenoxy) is 1. The molecule has 6 nitrogen and oxygen atoms in total. The van der Waals surface area contributed by atoms with E-state index in [1.54, 1.807) is 24.0 Å². The van der Waals surface area contributed by atoms with Gasteiger partial charge in [0.2, 0.25) is 0 Å². The average Bonchev–Trinajstić information content (AvgIpc) is 2.53. The van der Waals surface area contributed by atoms with Crippen LogP contribution < -0.4 is 10.3 Å². The summed E-state index contributed by atoms with van der Waals surface area (Å²) in [7, 11) is 0. The molecule has 0 fully saturated rings. The van der Waals surface area contributed by atoms with Crippen LogP contribution in [0.4, 0.5) is 0 Å². The molecule has 2 aromatic rings. The number of H-pyrrole nitrogens is 1. The van der Waals surface area contributed by atoms with Crippen molar-refractivity contribution in [3.63, 3.8) is 0 Å². The summed E-state index contributed by atoms with van der Waals surface area (Å²) >= 11 is 0. The highest BCUT2D eigenvalue weighted by Crippen LogP contribution is 2.14. The molecule has 0 saturated carbocycles. The molecule has 114 valence electrons. The van der Waals surface area contributed by atoms with Crippen LogP contribution >= 0.6 is 0 Å². The summed E-state index contributed by atoms with van der Waals surface area (Å²) in [6, 6.07) is 9.19. The molecule has 6 heteroatoms. The average molecular weight is 299 g/mol. The Morgan fingerprint density at radius 1 is 1.36 bits per heavy atom. The molecular formula is C16H17N3O3. The van der Waals surface area contributed by atoms with Crippen LogP contribution in [0.3, 0.4) is 0 Å². The van der Waals surface area contributed by atoms with Crippen LogP contribution in [0.2, 0.25) is 0 Å². The Morgan fingerprint density at radius 3 is 2.91 bits per heavy atom. The Balaban J connectivity index is 1.67. The van der Waals surface area contributed by atoms with Crippen molar-refractivity contribution in [2.45, 2.75) is 19.9 Å². The number of nitrogens with one attached hydrogen (secondary N) is 1. The maximum Gasteiger partial charge on any atom is 0.260 e. The summed E-state index contributed by atoms with van der Waals surface area (Å²) in [5.74, 6) is 1.13. The monoisotopic (exact) mass is 299 g/mol. The number of para-hydroxylation sites is 1. The summed E-state index contributed by atoms with van der Waals surface area (Å²) < 4.78 is 5.47. The molecule has 1 aliphatic rings. The molecule has 0 bridgehead atoms. The summed E-state index contributed by atoms with van der Waals surface area (Å²) in [4.78, 5) is 32.8. The predicted octanol–water partition coefficient (Wildman–Crippen LogP) is 1.04. The van der Waals surface area contributed by atoms with Crippen LogP contribution in [0.1, 0.15) is 17.1 Å². The second-order valence-electron chi connectivity index (χ2n) is 5.24. The van der Waals surface area contributed by atoms with Crippen LogP contribution in [0.5, 0.6) is 5.75 Å². The molecule has 3 rings (SSSR count). The Labute approximate surface area is 127 Å². The maximum atomic E-state index is 12.2. The molecule has 1 aromatic carbocycles. The topological polar surface area (TPSA) is 75.3 Å². The molecule has 1 aromatic heterocycles. The zero-order valence-electron chi connectivity index (χ0n) is 12.3. The number of fused-ring (bicyclic) bond motifs is 1. The number of aromatic nitrogens is 2. The molecule has 0 atom stereocenters. The third-order valence-corrected chi connectivity index (χ3v) is 3.65. The van der Waals surface area contributed by atoms with Crippen molar-refractivity contribution < 1.29 is 9.53 Å². The molecule has 0 aliphatic carbocycles. The van der Waals surface area contributed by atoms with E-state index < -0.39 is 0 Å². The standard InChI is InChI=1S/C16H17N3O3/c1-11-17-14-7-8-19(9-13(14)16(21)18-11)15(20)10-22-12-5-3-2-4-6-12/h2-6H,7-10H2,1H3,(H,17,18,21). The smallest absolute Gasteiger partial charge is 0.260 e. The minimum atomic E-state index is -0.163. The first-order valence-electron chi connectivity index (χ1n) is 7.18. The van der Waals surface area contributed by atoms with Gasteiger partial charge in [-0.1, -0.05) is 18.2 Å².